The number of imide groups is 1. The second-order valence-corrected chi connectivity index (χ2v) is 5.29. The predicted molar refractivity (Wildman–Crippen MR) is 62.0 cm³/mol. The van der Waals surface area contributed by atoms with Crippen LogP contribution in [0.2, 0.25) is 0 Å². The Morgan fingerprint density at radius 1 is 1.35 bits per heavy atom. The Bertz CT molecular complexity index is 308. The molecule has 0 aromatic carbocycles. The number of carbonyl (C=O) groups is 2. The number of amides is 2. The Labute approximate surface area is 101 Å². The van der Waals surface area contributed by atoms with Crippen molar-refractivity contribution in [2.45, 2.75) is 25.9 Å². The van der Waals surface area contributed by atoms with Gasteiger partial charge in [-0.2, -0.15) is 0 Å². The van der Waals surface area contributed by atoms with Gasteiger partial charge in [-0.15, -0.1) is 0 Å². The van der Waals surface area contributed by atoms with Crippen molar-refractivity contribution in [1.29, 1.82) is 0 Å². The second-order valence-electron chi connectivity index (χ2n) is 5.29. The molecule has 2 rings (SSSR count). The summed E-state index contributed by atoms with van der Waals surface area (Å²) >= 11 is 0. The summed E-state index contributed by atoms with van der Waals surface area (Å²) in [6, 6.07) is 0. The maximum atomic E-state index is 12.1. The van der Waals surface area contributed by atoms with Gasteiger partial charge in [0.15, 0.2) is 0 Å². The molecule has 0 aromatic rings. The van der Waals surface area contributed by atoms with Gasteiger partial charge in [-0.05, 0) is 25.8 Å². The molecule has 0 aromatic heterocycles. The molecule has 0 radical (unpaired) electrons. The minimum absolute atomic E-state index is 0.0838. The standard InChI is InChI=1S/C12H20N2O3/c1-7-3-9-10(4-7)12(17)14(11(9)16)6-8(15)5-13-2/h7-10,13,15H,3-6H2,1-2H3. The van der Waals surface area contributed by atoms with Crippen LogP contribution in [0.5, 0.6) is 0 Å². The van der Waals surface area contributed by atoms with Gasteiger partial charge in [-0.1, -0.05) is 6.92 Å². The Kier molecular flexibility index (Phi) is 3.49. The lowest BCUT2D eigenvalue weighted by Gasteiger charge is -2.20. The lowest BCUT2D eigenvalue weighted by molar-refractivity contribution is -0.142. The zero-order valence-electron chi connectivity index (χ0n) is 10.3. The minimum Gasteiger partial charge on any atom is -0.390 e. The van der Waals surface area contributed by atoms with Crippen molar-refractivity contribution in [3.8, 4) is 0 Å². The van der Waals surface area contributed by atoms with Crippen molar-refractivity contribution >= 4 is 11.8 Å². The van der Waals surface area contributed by atoms with Gasteiger partial charge in [-0.25, -0.2) is 0 Å². The zero-order valence-corrected chi connectivity index (χ0v) is 10.3. The summed E-state index contributed by atoms with van der Waals surface area (Å²) in [6.07, 6.45) is 0.950. The molecule has 96 valence electrons. The van der Waals surface area contributed by atoms with Gasteiger partial charge in [0.1, 0.15) is 0 Å². The molecule has 2 fully saturated rings. The molecule has 3 unspecified atom stereocenters. The average Bonchev–Trinajstić information content (AvgIpc) is 2.74. The van der Waals surface area contributed by atoms with E-state index >= 15 is 0 Å². The van der Waals surface area contributed by atoms with E-state index in [1.54, 1.807) is 7.05 Å². The molecule has 1 aliphatic heterocycles. The first-order valence-electron chi connectivity index (χ1n) is 6.22. The van der Waals surface area contributed by atoms with Crippen molar-refractivity contribution < 1.29 is 14.7 Å². The fourth-order valence-electron chi connectivity index (χ4n) is 3.04. The number of nitrogens with one attached hydrogen (secondary N) is 1. The van der Waals surface area contributed by atoms with Crippen LogP contribution >= 0.6 is 0 Å². The quantitative estimate of drug-likeness (QED) is 0.656. The molecular weight excluding hydrogens is 220 g/mol. The number of likely N-dealkylation sites (N-methyl/N-ethyl adjacent to an activating group) is 1. The third kappa shape index (κ3) is 2.21. The highest BCUT2D eigenvalue weighted by atomic mass is 16.3. The Morgan fingerprint density at radius 2 is 1.88 bits per heavy atom. The summed E-state index contributed by atoms with van der Waals surface area (Å²) in [5.74, 6) is 0.0415. The number of rotatable bonds is 4. The maximum absolute atomic E-state index is 12.1. The van der Waals surface area contributed by atoms with Gasteiger partial charge >= 0.3 is 0 Å². The molecule has 2 amide bonds. The molecular formula is C12H20N2O3. The number of aliphatic hydroxyl groups is 1. The lowest BCUT2D eigenvalue weighted by Crippen LogP contribution is -2.41. The molecule has 1 saturated carbocycles. The normalized spacial score (nSPS) is 34.3. The first kappa shape index (κ1) is 12.5. The number of β-amino-alcohol motifs (C(OH)–C–C–N with tert-alkyl or cyclic N) is 1. The van der Waals surface area contributed by atoms with Crippen molar-refractivity contribution in [2.24, 2.45) is 17.8 Å². The Hall–Kier alpha value is -0.940. The van der Waals surface area contributed by atoms with Gasteiger partial charge in [0.25, 0.3) is 0 Å². The topological polar surface area (TPSA) is 69.6 Å². The van der Waals surface area contributed by atoms with E-state index in [1.807, 2.05) is 0 Å². The predicted octanol–water partition coefficient (Wildman–Crippen LogP) is -0.402. The second kappa shape index (κ2) is 4.74. The van der Waals surface area contributed by atoms with Crippen LogP contribution in [0.15, 0.2) is 0 Å². The SMILES string of the molecule is CNCC(O)CN1C(=O)C2CC(C)CC2C1=O. The third-order valence-corrected chi connectivity index (χ3v) is 3.80. The molecule has 1 saturated heterocycles. The zero-order chi connectivity index (χ0) is 12.6. The van der Waals surface area contributed by atoms with Gasteiger partial charge < -0.3 is 10.4 Å². The number of hydrogen-bond donors (Lipinski definition) is 2. The fourth-order valence-corrected chi connectivity index (χ4v) is 3.04. The summed E-state index contributed by atoms with van der Waals surface area (Å²) in [7, 11) is 1.73. The highest BCUT2D eigenvalue weighted by Crippen LogP contribution is 2.42. The van der Waals surface area contributed by atoms with E-state index in [2.05, 4.69) is 12.2 Å². The average molecular weight is 240 g/mol. The summed E-state index contributed by atoms with van der Waals surface area (Å²) < 4.78 is 0. The number of carbonyl (C=O) groups excluding carboxylic acids is 2. The van der Waals surface area contributed by atoms with Crippen LogP contribution in [0.25, 0.3) is 0 Å². The Balaban J connectivity index is 2.02. The molecule has 1 aliphatic carbocycles. The molecule has 2 aliphatic rings. The highest BCUT2D eigenvalue weighted by Gasteiger charge is 2.51. The van der Waals surface area contributed by atoms with E-state index in [0.717, 1.165) is 12.8 Å². The summed E-state index contributed by atoms with van der Waals surface area (Å²) in [5.41, 5.74) is 0. The van der Waals surface area contributed by atoms with Crippen LogP contribution in [0.1, 0.15) is 19.8 Å². The van der Waals surface area contributed by atoms with Gasteiger partial charge in [0, 0.05) is 6.54 Å². The largest absolute Gasteiger partial charge is 0.390 e. The van der Waals surface area contributed by atoms with Crippen LogP contribution < -0.4 is 5.32 Å². The Morgan fingerprint density at radius 3 is 2.35 bits per heavy atom. The lowest BCUT2D eigenvalue weighted by atomic mass is 10.00. The molecule has 3 atom stereocenters. The smallest absolute Gasteiger partial charge is 0.233 e. The van der Waals surface area contributed by atoms with E-state index < -0.39 is 6.10 Å². The maximum Gasteiger partial charge on any atom is 0.233 e. The van der Waals surface area contributed by atoms with Crippen LogP contribution in [0.4, 0.5) is 0 Å². The first-order chi connectivity index (χ1) is 8.04. The summed E-state index contributed by atoms with van der Waals surface area (Å²) in [4.78, 5) is 25.4. The summed E-state index contributed by atoms with van der Waals surface area (Å²) in [5, 5.41) is 12.5. The van der Waals surface area contributed by atoms with E-state index in [0.29, 0.717) is 12.5 Å². The van der Waals surface area contributed by atoms with E-state index in [1.165, 1.54) is 4.90 Å². The van der Waals surface area contributed by atoms with E-state index in [4.69, 9.17) is 0 Å². The van der Waals surface area contributed by atoms with Gasteiger partial charge in [0.2, 0.25) is 11.8 Å². The van der Waals surface area contributed by atoms with Crippen LogP contribution in [0.3, 0.4) is 0 Å². The highest BCUT2D eigenvalue weighted by molar-refractivity contribution is 6.05. The monoisotopic (exact) mass is 240 g/mol. The number of nitrogens with zero attached hydrogens (tertiary/aromatic N) is 1. The van der Waals surface area contributed by atoms with E-state index in [-0.39, 0.29) is 30.2 Å². The first-order valence-corrected chi connectivity index (χ1v) is 6.22. The number of hydrogen-bond acceptors (Lipinski definition) is 4. The molecule has 0 bridgehead atoms. The molecule has 2 N–H and O–H groups in total. The third-order valence-electron chi connectivity index (χ3n) is 3.80. The van der Waals surface area contributed by atoms with Crippen LogP contribution in [-0.4, -0.2) is 48.1 Å². The van der Waals surface area contributed by atoms with Crippen molar-refractivity contribution in [3.05, 3.63) is 0 Å². The van der Waals surface area contributed by atoms with Crippen molar-refractivity contribution in [1.82, 2.24) is 10.2 Å². The molecule has 0 spiro atoms. The van der Waals surface area contributed by atoms with Gasteiger partial charge in [-0.3, -0.25) is 14.5 Å². The van der Waals surface area contributed by atoms with Crippen LogP contribution in [-0.2, 0) is 9.59 Å². The van der Waals surface area contributed by atoms with Crippen LogP contribution in [0, 0.1) is 17.8 Å². The van der Waals surface area contributed by atoms with Crippen molar-refractivity contribution in [2.75, 3.05) is 20.1 Å². The number of aliphatic hydroxyl groups excluding tert-OH is 1. The molecule has 1 heterocycles. The molecule has 5 nitrogen and oxygen atoms in total. The number of likely N-dealkylation sites (tertiary alicyclic amines) is 1. The van der Waals surface area contributed by atoms with Crippen molar-refractivity contribution in [3.63, 3.8) is 0 Å². The molecule has 5 heteroatoms. The summed E-state index contributed by atoms with van der Waals surface area (Å²) in [6.45, 7) is 2.60. The fraction of sp³-hybridized carbons (Fsp3) is 0.833. The molecule has 17 heavy (non-hydrogen) atoms. The van der Waals surface area contributed by atoms with Gasteiger partial charge in [0.05, 0.1) is 24.5 Å². The number of fused-ring (bicyclic) bond motifs is 1. The van der Waals surface area contributed by atoms with E-state index in [9.17, 15) is 14.7 Å². The minimum atomic E-state index is -0.677.